The first kappa shape index (κ1) is 15.1. The maximum atomic E-state index is 10.2. The third-order valence-electron chi connectivity index (χ3n) is 3.76. The smallest absolute Gasteiger partial charge is 0.143 e. The summed E-state index contributed by atoms with van der Waals surface area (Å²) in [6, 6.07) is 6.40. The summed E-state index contributed by atoms with van der Waals surface area (Å²) in [5.74, 6) is 0.909. The number of ether oxygens (including phenoxy) is 1. The second-order valence-corrected chi connectivity index (χ2v) is 5.85. The van der Waals surface area contributed by atoms with Gasteiger partial charge in [0.25, 0.3) is 0 Å². The maximum Gasteiger partial charge on any atom is 0.143 e. The van der Waals surface area contributed by atoms with Crippen molar-refractivity contribution < 1.29 is 9.84 Å². The molecule has 1 heterocycles. The van der Waals surface area contributed by atoms with Crippen LogP contribution in [0.3, 0.4) is 0 Å². The van der Waals surface area contributed by atoms with Crippen LogP contribution in [-0.2, 0) is 0 Å². The Balaban J connectivity index is 2.26. The zero-order chi connectivity index (χ0) is 14.7. The summed E-state index contributed by atoms with van der Waals surface area (Å²) in [6.45, 7) is 7.94. The van der Waals surface area contributed by atoms with E-state index in [-0.39, 0.29) is 6.10 Å². The molecule has 2 atom stereocenters. The highest BCUT2D eigenvalue weighted by molar-refractivity contribution is 5.62. The lowest BCUT2D eigenvalue weighted by atomic mass is 10.0. The van der Waals surface area contributed by atoms with Crippen LogP contribution in [0.5, 0.6) is 5.75 Å². The largest absolute Gasteiger partial charge is 0.487 e. The van der Waals surface area contributed by atoms with Gasteiger partial charge in [-0.2, -0.15) is 0 Å². The molecule has 0 aliphatic carbocycles. The van der Waals surface area contributed by atoms with Crippen LogP contribution in [0.15, 0.2) is 18.2 Å². The Morgan fingerprint density at radius 2 is 2.20 bits per heavy atom. The molecule has 0 aromatic heterocycles. The van der Waals surface area contributed by atoms with Crippen molar-refractivity contribution in [3.63, 3.8) is 0 Å². The molecule has 1 aliphatic rings. The van der Waals surface area contributed by atoms with Crippen LogP contribution >= 0.6 is 0 Å². The average Bonchev–Trinajstić information content (AvgIpc) is 2.43. The van der Waals surface area contributed by atoms with Crippen molar-refractivity contribution in [1.82, 2.24) is 0 Å². The van der Waals surface area contributed by atoms with Crippen molar-refractivity contribution in [2.24, 2.45) is 5.73 Å². The van der Waals surface area contributed by atoms with Crippen LogP contribution < -0.4 is 15.4 Å². The predicted molar refractivity (Wildman–Crippen MR) is 82.3 cm³/mol. The number of nitrogens with zero attached hydrogens (tertiary/aromatic N) is 1. The Bertz CT molecular complexity index is 448. The minimum absolute atomic E-state index is 0.193. The van der Waals surface area contributed by atoms with E-state index in [1.807, 2.05) is 12.1 Å². The molecule has 1 aromatic carbocycles. The van der Waals surface area contributed by atoms with Gasteiger partial charge in [-0.1, -0.05) is 6.07 Å². The molecule has 0 saturated carbocycles. The van der Waals surface area contributed by atoms with E-state index < -0.39 is 6.10 Å². The van der Waals surface area contributed by atoms with E-state index in [0.717, 1.165) is 30.0 Å². The molecule has 0 saturated heterocycles. The maximum absolute atomic E-state index is 10.2. The Hall–Kier alpha value is -1.26. The Morgan fingerprint density at radius 3 is 2.85 bits per heavy atom. The molecule has 2 unspecified atom stereocenters. The quantitative estimate of drug-likeness (QED) is 0.868. The van der Waals surface area contributed by atoms with Crippen molar-refractivity contribution in [2.75, 3.05) is 18.0 Å². The minimum Gasteiger partial charge on any atom is -0.487 e. The van der Waals surface area contributed by atoms with Gasteiger partial charge in [0.2, 0.25) is 0 Å². The molecule has 1 aromatic rings. The third-order valence-corrected chi connectivity index (χ3v) is 3.76. The SMILES string of the molecule is CC1CN(C(C)C)c2cc(C(O)CCCN)ccc2O1. The summed E-state index contributed by atoms with van der Waals surface area (Å²) in [5, 5.41) is 10.2. The summed E-state index contributed by atoms with van der Waals surface area (Å²) >= 11 is 0. The monoisotopic (exact) mass is 278 g/mol. The number of aliphatic hydroxyl groups excluding tert-OH is 1. The topological polar surface area (TPSA) is 58.7 Å². The highest BCUT2D eigenvalue weighted by Crippen LogP contribution is 2.37. The lowest BCUT2D eigenvalue weighted by molar-refractivity contribution is 0.165. The van der Waals surface area contributed by atoms with Gasteiger partial charge in [0.15, 0.2) is 0 Å². The molecule has 112 valence electrons. The molecule has 0 bridgehead atoms. The lowest BCUT2D eigenvalue weighted by Gasteiger charge is -2.38. The first-order chi connectivity index (χ1) is 9.52. The second-order valence-electron chi connectivity index (χ2n) is 5.85. The van der Waals surface area contributed by atoms with Gasteiger partial charge in [0.1, 0.15) is 11.9 Å². The normalized spacial score (nSPS) is 19.7. The standard InChI is InChI=1S/C16H26N2O2/c1-11(2)18-10-12(3)20-16-7-6-13(9-14(16)18)15(19)5-4-8-17/h6-7,9,11-12,15,19H,4-5,8,10,17H2,1-3H3. The molecule has 3 N–H and O–H groups in total. The van der Waals surface area contributed by atoms with Gasteiger partial charge in [0.05, 0.1) is 18.3 Å². The van der Waals surface area contributed by atoms with Crippen molar-refractivity contribution in [2.45, 2.75) is 51.9 Å². The van der Waals surface area contributed by atoms with Crippen molar-refractivity contribution in [3.05, 3.63) is 23.8 Å². The first-order valence-corrected chi connectivity index (χ1v) is 7.48. The summed E-state index contributed by atoms with van der Waals surface area (Å²) in [5.41, 5.74) is 7.53. The Kier molecular flexibility index (Phi) is 4.89. The van der Waals surface area contributed by atoms with E-state index in [2.05, 4.69) is 31.7 Å². The fourth-order valence-electron chi connectivity index (χ4n) is 2.66. The predicted octanol–water partition coefficient (Wildman–Crippen LogP) is 2.45. The molecule has 2 rings (SSSR count). The minimum atomic E-state index is -0.447. The number of rotatable bonds is 5. The number of hydrogen-bond acceptors (Lipinski definition) is 4. The van der Waals surface area contributed by atoms with Crippen LogP contribution in [0.2, 0.25) is 0 Å². The van der Waals surface area contributed by atoms with Crippen molar-refractivity contribution in [1.29, 1.82) is 0 Å². The number of anilines is 1. The Morgan fingerprint density at radius 1 is 1.45 bits per heavy atom. The Labute approximate surface area is 121 Å². The summed E-state index contributed by atoms with van der Waals surface area (Å²) in [4.78, 5) is 2.34. The van der Waals surface area contributed by atoms with Crippen molar-refractivity contribution >= 4 is 5.69 Å². The number of nitrogens with two attached hydrogens (primary N) is 1. The average molecular weight is 278 g/mol. The molecular weight excluding hydrogens is 252 g/mol. The fourth-order valence-corrected chi connectivity index (χ4v) is 2.66. The van der Waals surface area contributed by atoms with Gasteiger partial charge in [0, 0.05) is 6.04 Å². The van der Waals surface area contributed by atoms with E-state index >= 15 is 0 Å². The van der Waals surface area contributed by atoms with Crippen LogP contribution in [-0.4, -0.2) is 30.3 Å². The van der Waals surface area contributed by atoms with E-state index in [0.29, 0.717) is 19.0 Å². The molecule has 4 nitrogen and oxygen atoms in total. The molecule has 0 amide bonds. The molecule has 20 heavy (non-hydrogen) atoms. The highest BCUT2D eigenvalue weighted by atomic mass is 16.5. The van der Waals surface area contributed by atoms with Gasteiger partial charge >= 0.3 is 0 Å². The van der Waals surface area contributed by atoms with E-state index in [9.17, 15) is 5.11 Å². The number of benzene rings is 1. The van der Waals surface area contributed by atoms with E-state index in [1.165, 1.54) is 0 Å². The van der Waals surface area contributed by atoms with Gasteiger partial charge in [-0.3, -0.25) is 0 Å². The van der Waals surface area contributed by atoms with E-state index in [4.69, 9.17) is 10.5 Å². The lowest BCUT2D eigenvalue weighted by Crippen LogP contribution is -2.42. The zero-order valence-electron chi connectivity index (χ0n) is 12.7. The van der Waals surface area contributed by atoms with Crippen LogP contribution in [0, 0.1) is 0 Å². The number of aliphatic hydroxyl groups is 1. The van der Waals surface area contributed by atoms with Crippen LogP contribution in [0.1, 0.15) is 45.3 Å². The van der Waals surface area contributed by atoms with Gasteiger partial charge in [-0.25, -0.2) is 0 Å². The third kappa shape index (κ3) is 3.25. The summed E-state index contributed by atoms with van der Waals surface area (Å²) < 4.78 is 5.88. The molecule has 1 aliphatic heterocycles. The number of hydrogen-bond donors (Lipinski definition) is 2. The molecule has 0 spiro atoms. The fraction of sp³-hybridized carbons (Fsp3) is 0.625. The van der Waals surface area contributed by atoms with Crippen molar-refractivity contribution in [3.8, 4) is 5.75 Å². The molecular formula is C16H26N2O2. The molecule has 4 heteroatoms. The van der Waals surface area contributed by atoms with Crippen LogP contribution in [0.4, 0.5) is 5.69 Å². The second kappa shape index (κ2) is 6.46. The highest BCUT2D eigenvalue weighted by Gasteiger charge is 2.25. The van der Waals surface area contributed by atoms with E-state index in [1.54, 1.807) is 0 Å². The first-order valence-electron chi connectivity index (χ1n) is 7.48. The van der Waals surface area contributed by atoms with Gasteiger partial charge in [-0.05, 0) is 57.9 Å². The number of fused-ring (bicyclic) bond motifs is 1. The zero-order valence-corrected chi connectivity index (χ0v) is 12.7. The van der Waals surface area contributed by atoms with Crippen LogP contribution in [0.25, 0.3) is 0 Å². The molecule has 0 radical (unpaired) electrons. The summed E-state index contributed by atoms with van der Waals surface area (Å²) in [6.07, 6.45) is 1.28. The van der Waals surface area contributed by atoms with Gasteiger partial charge in [-0.15, -0.1) is 0 Å². The molecule has 0 fully saturated rings. The summed E-state index contributed by atoms with van der Waals surface area (Å²) in [7, 11) is 0. The van der Waals surface area contributed by atoms with Gasteiger partial charge < -0.3 is 20.5 Å².